The summed E-state index contributed by atoms with van der Waals surface area (Å²) in [6.07, 6.45) is 0.258. The molecule has 0 radical (unpaired) electrons. The van der Waals surface area contributed by atoms with Crippen molar-refractivity contribution < 1.29 is 27.5 Å². The molecule has 0 aromatic heterocycles. The van der Waals surface area contributed by atoms with Crippen molar-refractivity contribution >= 4 is 15.7 Å². The zero-order valence-electron chi connectivity index (χ0n) is 16.0. The number of sulfone groups is 1. The Labute approximate surface area is 169 Å². The van der Waals surface area contributed by atoms with Crippen LogP contribution in [-0.2, 0) is 14.6 Å². The van der Waals surface area contributed by atoms with E-state index in [-0.39, 0.29) is 30.0 Å². The number of rotatable bonds is 6. The van der Waals surface area contributed by atoms with E-state index in [0.29, 0.717) is 24.6 Å². The number of ether oxygens (including phenoxy) is 1. The first-order chi connectivity index (χ1) is 13.8. The summed E-state index contributed by atoms with van der Waals surface area (Å²) in [5.41, 5.74) is 1.55. The summed E-state index contributed by atoms with van der Waals surface area (Å²) in [5.74, 6) is -0.280. The maximum atomic E-state index is 13.4. The molecular weight excluding hydrogens is 399 g/mol. The van der Waals surface area contributed by atoms with Crippen LogP contribution in [0.15, 0.2) is 53.4 Å². The molecule has 7 nitrogen and oxygen atoms in total. The van der Waals surface area contributed by atoms with E-state index in [1.807, 2.05) is 11.9 Å². The molecule has 9 heteroatoms. The molecule has 1 fully saturated rings. The van der Waals surface area contributed by atoms with E-state index < -0.39 is 20.5 Å². The second kappa shape index (κ2) is 8.48. The van der Waals surface area contributed by atoms with Gasteiger partial charge in [-0.15, -0.1) is 0 Å². The highest BCUT2D eigenvalue weighted by molar-refractivity contribution is 7.92. The van der Waals surface area contributed by atoms with Gasteiger partial charge < -0.3 is 9.64 Å². The fraction of sp³-hybridized carbons (Fsp3) is 0.350. The van der Waals surface area contributed by atoms with Crippen molar-refractivity contribution in [3.63, 3.8) is 0 Å². The molecule has 2 aromatic rings. The first-order valence-electron chi connectivity index (χ1n) is 9.15. The highest BCUT2D eigenvalue weighted by Crippen LogP contribution is 2.38. The third-order valence-electron chi connectivity index (χ3n) is 5.26. The number of carbonyl (C=O) groups is 1. The van der Waals surface area contributed by atoms with E-state index >= 15 is 0 Å². The molecule has 156 valence electrons. The molecule has 1 heterocycles. The highest BCUT2D eigenvalue weighted by Gasteiger charge is 2.47. The number of nitrogens with zero attached hydrogens (tertiary/aromatic N) is 1. The van der Waals surface area contributed by atoms with Gasteiger partial charge in [0.2, 0.25) is 5.91 Å². The summed E-state index contributed by atoms with van der Waals surface area (Å²) in [5, 5.41) is 8.92. The molecule has 0 spiro atoms. The van der Waals surface area contributed by atoms with Crippen molar-refractivity contribution in [2.45, 2.75) is 28.9 Å². The van der Waals surface area contributed by atoms with Crippen molar-refractivity contribution in [2.24, 2.45) is 0 Å². The Bertz CT molecular complexity index is 953. The smallest absolute Gasteiger partial charge is 0.244 e. The van der Waals surface area contributed by atoms with Gasteiger partial charge in [0, 0.05) is 6.42 Å². The zero-order valence-corrected chi connectivity index (χ0v) is 16.8. The number of halogens is 1. The van der Waals surface area contributed by atoms with Gasteiger partial charge in [0.15, 0.2) is 9.84 Å². The van der Waals surface area contributed by atoms with E-state index in [4.69, 9.17) is 9.94 Å². The van der Waals surface area contributed by atoms with Crippen LogP contribution in [0.3, 0.4) is 0 Å². The Morgan fingerprint density at radius 1 is 1.10 bits per heavy atom. The van der Waals surface area contributed by atoms with E-state index in [1.54, 1.807) is 5.48 Å². The predicted octanol–water partition coefficient (Wildman–Crippen LogP) is 2.75. The zero-order chi connectivity index (χ0) is 21.1. The summed E-state index contributed by atoms with van der Waals surface area (Å²) in [7, 11) is -1.96. The largest absolute Gasteiger partial charge is 0.457 e. The number of benzene rings is 2. The average molecular weight is 422 g/mol. The SMILES string of the molecule is CN1CCC(CC(=O)NO)(S(=O)(=O)c2ccc(Oc3ccc(F)cc3)cc2)CC1. The summed E-state index contributed by atoms with van der Waals surface area (Å²) >= 11 is 0. The van der Waals surface area contributed by atoms with Gasteiger partial charge in [0.25, 0.3) is 0 Å². The summed E-state index contributed by atoms with van der Waals surface area (Å²) < 4.78 is 44.1. The van der Waals surface area contributed by atoms with Crippen LogP contribution in [0, 0.1) is 5.82 Å². The van der Waals surface area contributed by atoms with E-state index in [1.165, 1.54) is 48.5 Å². The molecule has 1 aliphatic rings. The number of hydrogen-bond acceptors (Lipinski definition) is 6. The molecule has 1 aliphatic heterocycles. The minimum Gasteiger partial charge on any atom is -0.457 e. The lowest BCUT2D eigenvalue weighted by Crippen LogP contribution is -2.50. The van der Waals surface area contributed by atoms with Crippen LogP contribution < -0.4 is 10.2 Å². The van der Waals surface area contributed by atoms with Gasteiger partial charge in [-0.1, -0.05) is 0 Å². The number of amides is 1. The second-order valence-corrected chi connectivity index (χ2v) is 9.57. The molecule has 2 aromatic carbocycles. The van der Waals surface area contributed by atoms with Gasteiger partial charge in [-0.25, -0.2) is 18.3 Å². The molecule has 29 heavy (non-hydrogen) atoms. The van der Waals surface area contributed by atoms with E-state index in [9.17, 15) is 17.6 Å². The Balaban J connectivity index is 1.86. The molecule has 3 rings (SSSR count). The number of piperidine rings is 1. The van der Waals surface area contributed by atoms with Gasteiger partial charge in [-0.2, -0.15) is 0 Å². The summed E-state index contributed by atoms with van der Waals surface area (Å²) in [4.78, 5) is 13.9. The van der Waals surface area contributed by atoms with Crippen LogP contribution in [0.25, 0.3) is 0 Å². The minimum absolute atomic E-state index is 0.0826. The maximum Gasteiger partial charge on any atom is 0.244 e. The lowest BCUT2D eigenvalue weighted by Gasteiger charge is -2.39. The lowest BCUT2D eigenvalue weighted by atomic mass is 9.92. The first kappa shape index (κ1) is 21.2. The van der Waals surface area contributed by atoms with Gasteiger partial charge in [0.1, 0.15) is 17.3 Å². The average Bonchev–Trinajstić information content (AvgIpc) is 2.72. The van der Waals surface area contributed by atoms with E-state index in [2.05, 4.69) is 0 Å². The molecule has 0 aliphatic carbocycles. The second-order valence-electron chi connectivity index (χ2n) is 7.23. The van der Waals surface area contributed by atoms with Gasteiger partial charge in [0.05, 0.1) is 9.64 Å². The summed E-state index contributed by atoms with van der Waals surface area (Å²) in [6.45, 7) is 1.06. The van der Waals surface area contributed by atoms with Crippen LogP contribution in [0.4, 0.5) is 4.39 Å². The Morgan fingerprint density at radius 2 is 1.62 bits per heavy atom. The van der Waals surface area contributed by atoms with Crippen LogP contribution >= 0.6 is 0 Å². The molecule has 0 unspecified atom stereocenters. The Kier molecular flexibility index (Phi) is 6.21. The predicted molar refractivity (Wildman–Crippen MR) is 104 cm³/mol. The van der Waals surface area contributed by atoms with Crippen molar-refractivity contribution in [2.75, 3.05) is 20.1 Å². The Hall–Kier alpha value is -2.49. The molecule has 2 N–H and O–H groups in total. The lowest BCUT2D eigenvalue weighted by molar-refractivity contribution is -0.130. The summed E-state index contributed by atoms with van der Waals surface area (Å²) in [6, 6.07) is 11.4. The number of carbonyl (C=O) groups excluding carboxylic acids is 1. The van der Waals surface area contributed by atoms with Gasteiger partial charge in [-0.3, -0.25) is 10.0 Å². The van der Waals surface area contributed by atoms with Gasteiger partial charge >= 0.3 is 0 Å². The highest BCUT2D eigenvalue weighted by atomic mass is 32.2. The fourth-order valence-electron chi connectivity index (χ4n) is 3.47. The quantitative estimate of drug-likeness (QED) is 0.549. The monoisotopic (exact) mass is 422 g/mol. The molecule has 0 saturated carbocycles. The minimum atomic E-state index is -3.85. The van der Waals surface area contributed by atoms with Crippen molar-refractivity contribution in [1.82, 2.24) is 10.4 Å². The molecule has 0 bridgehead atoms. The van der Waals surface area contributed by atoms with Crippen molar-refractivity contribution in [3.8, 4) is 11.5 Å². The fourth-order valence-corrected chi connectivity index (χ4v) is 5.51. The van der Waals surface area contributed by atoms with Crippen molar-refractivity contribution in [1.29, 1.82) is 0 Å². The third-order valence-corrected chi connectivity index (χ3v) is 7.84. The normalized spacial score (nSPS) is 16.9. The van der Waals surface area contributed by atoms with Crippen LogP contribution in [0.5, 0.6) is 11.5 Å². The standard InChI is InChI=1S/C20H23FN2O5S/c1-23-12-10-20(11-13-23,14-19(24)22-25)29(26,27)18-8-6-17(7-9-18)28-16-4-2-15(21)3-5-16/h2-9,25H,10-14H2,1H3,(H,22,24). The van der Waals surface area contributed by atoms with Crippen LogP contribution in [-0.4, -0.2) is 49.3 Å². The number of hydroxylamine groups is 1. The molecule has 1 amide bonds. The van der Waals surface area contributed by atoms with Gasteiger partial charge in [-0.05, 0) is 81.5 Å². The number of likely N-dealkylation sites (tertiary alicyclic amines) is 1. The maximum absolute atomic E-state index is 13.4. The third kappa shape index (κ3) is 4.58. The molecular formula is C20H23FN2O5S. The van der Waals surface area contributed by atoms with Crippen molar-refractivity contribution in [3.05, 3.63) is 54.3 Å². The molecule has 0 atom stereocenters. The van der Waals surface area contributed by atoms with Crippen LogP contribution in [0.1, 0.15) is 19.3 Å². The molecule has 1 saturated heterocycles. The first-order valence-corrected chi connectivity index (χ1v) is 10.6. The topological polar surface area (TPSA) is 95.9 Å². The number of hydrogen-bond donors (Lipinski definition) is 2. The Morgan fingerprint density at radius 3 is 2.14 bits per heavy atom. The van der Waals surface area contributed by atoms with Crippen LogP contribution in [0.2, 0.25) is 0 Å². The van der Waals surface area contributed by atoms with E-state index in [0.717, 1.165) is 0 Å². The number of nitrogens with one attached hydrogen (secondary N) is 1.